The van der Waals surface area contributed by atoms with E-state index in [9.17, 15) is 14.4 Å². The molecule has 232 valence electrons. The zero-order chi connectivity index (χ0) is 31.4. The molecular weight excluding hydrogens is 562 g/mol. The summed E-state index contributed by atoms with van der Waals surface area (Å²) in [4.78, 5) is 48.1. The Morgan fingerprint density at radius 3 is 2.61 bits per heavy atom. The van der Waals surface area contributed by atoms with Crippen LogP contribution in [0.1, 0.15) is 36.4 Å². The fourth-order valence-corrected chi connectivity index (χ4v) is 5.47. The number of hydrogen-bond acceptors (Lipinski definition) is 8. The standard InChI is InChI=1S/C33H39N5O6/c1-22-17-25-29(44-22)10-12-37(30(25)39)14-13-36(20-24-7-6-11-34-27(24)21-43-5)19-23-8-9-28-26(18-23)35-31(40)33(2,3)32(41)38(28)15-16-42-4/h6-12,17-18H,13-16,19-21H2,1-5H3,(H,35,40). The average Bonchev–Trinajstić information content (AvgIpc) is 3.37. The molecule has 1 aromatic carbocycles. The van der Waals surface area contributed by atoms with E-state index in [1.54, 1.807) is 56.0 Å². The van der Waals surface area contributed by atoms with Gasteiger partial charge in [0, 0.05) is 59.3 Å². The van der Waals surface area contributed by atoms with Crippen LogP contribution in [-0.4, -0.2) is 60.2 Å². The van der Waals surface area contributed by atoms with Gasteiger partial charge in [-0.05, 0) is 62.2 Å². The SMILES string of the molecule is COCCN1C(=O)C(C)(C)C(=O)Nc2cc(CN(CCn3ccc4oc(C)cc4c3=O)Cc3cccnc3COC)ccc21. The topological polar surface area (TPSA) is 119 Å². The third-order valence-corrected chi connectivity index (χ3v) is 7.97. The Bertz CT molecular complexity index is 1730. The lowest BCUT2D eigenvalue weighted by molar-refractivity contribution is -0.136. The van der Waals surface area contributed by atoms with E-state index in [1.807, 2.05) is 43.3 Å². The third-order valence-electron chi connectivity index (χ3n) is 7.97. The van der Waals surface area contributed by atoms with E-state index in [-0.39, 0.29) is 17.4 Å². The van der Waals surface area contributed by atoms with Crippen LogP contribution in [0.4, 0.5) is 11.4 Å². The van der Waals surface area contributed by atoms with Crippen LogP contribution in [0, 0.1) is 12.3 Å². The first-order chi connectivity index (χ1) is 21.1. The largest absolute Gasteiger partial charge is 0.461 e. The van der Waals surface area contributed by atoms with E-state index in [0.29, 0.717) is 74.0 Å². The number of carbonyl (C=O) groups is 2. The van der Waals surface area contributed by atoms with Gasteiger partial charge in [0.1, 0.15) is 16.8 Å². The van der Waals surface area contributed by atoms with Crippen LogP contribution in [0.3, 0.4) is 0 Å². The van der Waals surface area contributed by atoms with Crippen molar-refractivity contribution in [1.82, 2.24) is 14.5 Å². The minimum atomic E-state index is -1.24. The van der Waals surface area contributed by atoms with E-state index >= 15 is 0 Å². The molecule has 0 fully saturated rings. The van der Waals surface area contributed by atoms with Gasteiger partial charge in [-0.2, -0.15) is 0 Å². The van der Waals surface area contributed by atoms with Crippen LogP contribution in [0.2, 0.25) is 0 Å². The number of pyridine rings is 2. The van der Waals surface area contributed by atoms with Gasteiger partial charge >= 0.3 is 0 Å². The number of aryl methyl sites for hydroxylation is 1. The number of hydrogen-bond donors (Lipinski definition) is 1. The molecule has 0 saturated heterocycles. The molecule has 0 radical (unpaired) electrons. The summed E-state index contributed by atoms with van der Waals surface area (Å²) in [5, 5.41) is 3.54. The summed E-state index contributed by atoms with van der Waals surface area (Å²) < 4.78 is 18.0. The fourth-order valence-electron chi connectivity index (χ4n) is 5.47. The monoisotopic (exact) mass is 601 g/mol. The van der Waals surface area contributed by atoms with Crippen LogP contribution in [-0.2, 0) is 45.3 Å². The summed E-state index contributed by atoms with van der Waals surface area (Å²) in [5.41, 5.74) is 3.24. The second-order valence-electron chi connectivity index (χ2n) is 11.6. The summed E-state index contributed by atoms with van der Waals surface area (Å²) >= 11 is 0. The van der Waals surface area contributed by atoms with E-state index in [0.717, 1.165) is 16.8 Å². The van der Waals surface area contributed by atoms with Crippen molar-refractivity contribution in [3.63, 3.8) is 0 Å². The Kier molecular flexibility index (Phi) is 9.28. The predicted molar refractivity (Wildman–Crippen MR) is 167 cm³/mol. The van der Waals surface area contributed by atoms with Crippen molar-refractivity contribution < 1.29 is 23.5 Å². The van der Waals surface area contributed by atoms with Gasteiger partial charge in [-0.3, -0.25) is 24.3 Å². The van der Waals surface area contributed by atoms with E-state index < -0.39 is 5.41 Å². The summed E-state index contributed by atoms with van der Waals surface area (Å²) in [6.45, 7) is 8.22. The summed E-state index contributed by atoms with van der Waals surface area (Å²) in [5.74, 6) is 0.0547. The number of furan rings is 1. The Morgan fingerprint density at radius 2 is 1.84 bits per heavy atom. The van der Waals surface area contributed by atoms with Crippen molar-refractivity contribution >= 4 is 34.2 Å². The van der Waals surface area contributed by atoms with Gasteiger partial charge in [-0.25, -0.2) is 0 Å². The molecule has 1 aliphatic heterocycles. The quantitative estimate of drug-likeness (QED) is 0.241. The number of anilines is 2. The highest BCUT2D eigenvalue weighted by Crippen LogP contribution is 2.36. The molecule has 0 saturated carbocycles. The van der Waals surface area contributed by atoms with Gasteiger partial charge in [-0.1, -0.05) is 12.1 Å². The average molecular weight is 602 g/mol. The zero-order valence-corrected chi connectivity index (χ0v) is 25.9. The molecule has 1 N–H and O–H groups in total. The van der Waals surface area contributed by atoms with Crippen LogP contribution < -0.4 is 15.8 Å². The maximum Gasteiger partial charge on any atom is 0.261 e. The Hall–Kier alpha value is -4.32. The second-order valence-corrected chi connectivity index (χ2v) is 11.6. The Labute approximate surface area is 256 Å². The molecule has 0 bridgehead atoms. The highest BCUT2D eigenvalue weighted by atomic mass is 16.5. The second kappa shape index (κ2) is 13.1. The van der Waals surface area contributed by atoms with Gasteiger partial charge in [0.05, 0.1) is 35.7 Å². The summed E-state index contributed by atoms with van der Waals surface area (Å²) in [7, 11) is 3.22. The summed E-state index contributed by atoms with van der Waals surface area (Å²) in [6.07, 6.45) is 3.51. The fraction of sp³-hybridized carbons (Fsp3) is 0.394. The molecule has 3 aromatic heterocycles. The lowest BCUT2D eigenvalue weighted by Gasteiger charge is -2.28. The van der Waals surface area contributed by atoms with Crippen molar-refractivity contribution in [3.8, 4) is 0 Å². The van der Waals surface area contributed by atoms with Crippen molar-refractivity contribution in [2.75, 3.05) is 44.1 Å². The highest BCUT2D eigenvalue weighted by molar-refractivity contribution is 6.19. The number of aromatic nitrogens is 2. The number of nitrogens with zero attached hydrogens (tertiary/aromatic N) is 4. The first-order valence-electron chi connectivity index (χ1n) is 14.6. The van der Waals surface area contributed by atoms with Crippen LogP contribution in [0.15, 0.2) is 64.1 Å². The van der Waals surface area contributed by atoms with Gasteiger partial charge < -0.3 is 28.7 Å². The van der Waals surface area contributed by atoms with Gasteiger partial charge in [0.2, 0.25) is 11.8 Å². The number of amides is 2. The molecular formula is C33H39N5O6. The summed E-state index contributed by atoms with van der Waals surface area (Å²) in [6, 6.07) is 13.3. The van der Waals surface area contributed by atoms with Crippen molar-refractivity contribution in [3.05, 3.63) is 87.8 Å². The Morgan fingerprint density at radius 1 is 1.02 bits per heavy atom. The van der Waals surface area contributed by atoms with E-state index in [2.05, 4.69) is 15.2 Å². The van der Waals surface area contributed by atoms with Gasteiger partial charge in [0.15, 0.2) is 0 Å². The molecule has 2 amide bonds. The molecule has 0 unspecified atom stereocenters. The number of ether oxygens (including phenoxy) is 2. The minimum absolute atomic E-state index is 0.100. The number of benzene rings is 1. The maximum atomic E-state index is 13.4. The zero-order valence-electron chi connectivity index (χ0n) is 25.9. The molecule has 4 heterocycles. The molecule has 0 atom stereocenters. The highest BCUT2D eigenvalue weighted by Gasteiger charge is 2.43. The molecule has 44 heavy (non-hydrogen) atoms. The first kappa shape index (κ1) is 31.1. The van der Waals surface area contributed by atoms with Gasteiger partial charge in [-0.15, -0.1) is 0 Å². The van der Waals surface area contributed by atoms with E-state index in [1.165, 1.54) is 0 Å². The Balaban J connectivity index is 1.45. The van der Waals surface area contributed by atoms with Crippen LogP contribution in [0.25, 0.3) is 11.0 Å². The molecule has 0 aliphatic carbocycles. The molecule has 4 aromatic rings. The van der Waals surface area contributed by atoms with E-state index in [4.69, 9.17) is 13.9 Å². The maximum absolute atomic E-state index is 13.4. The van der Waals surface area contributed by atoms with Gasteiger partial charge in [0.25, 0.3) is 5.56 Å². The number of carbonyl (C=O) groups excluding carboxylic acids is 2. The first-order valence-corrected chi connectivity index (χ1v) is 14.6. The lowest BCUT2D eigenvalue weighted by atomic mass is 9.91. The van der Waals surface area contributed by atoms with Crippen LogP contribution >= 0.6 is 0 Å². The van der Waals surface area contributed by atoms with Crippen molar-refractivity contribution in [2.45, 2.75) is 47.0 Å². The number of methoxy groups -OCH3 is 2. The number of rotatable bonds is 12. The molecule has 11 nitrogen and oxygen atoms in total. The molecule has 0 spiro atoms. The predicted octanol–water partition coefficient (Wildman–Crippen LogP) is 4.10. The normalized spacial score (nSPS) is 14.6. The van der Waals surface area contributed by atoms with Crippen LogP contribution in [0.5, 0.6) is 0 Å². The molecule has 5 rings (SSSR count). The smallest absolute Gasteiger partial charge is 0.261 e. The molecule has 1 aliphatic rings. The lowest BCUT2D eigenvalue weighted by Crippen LogP contribution is -2.46. The molecule has 11 heteroatoms. The van der Waals surface area contributed by atoms with Crippen molar-refractivity contribution in [1.29, 1.82) is 0 Å². The third kappa shape index (κ3) is 6.45. The minimum Gasteiger partial charge on any atom is -0.461 e. The number of nitrogens with one attached hydrogen (secondary N) is 1. The van der Waals surface area contributed by atoms with Crippen molar-refractivity contribution in [2.24, 2.45) is 5.41 Å². The number of fused-ring (bicyclic) bond motifs is 2.